The predicted octanol–water partition coefficient (Wildman–Crippen LogP) is 2.70. The van der Waals surface area contributed by atoms with Crippen LogP contribution in [0.25, 0.3) is 11.1 Å². The summed E-state index contributed by atoms with van der Waals surface area (Å²) in [6, 6.07) is 15.4. The van der Waals surface area contributed by atoms with E-state index in [1.165, 1.54) is 0 Å². The fourth-order valence-corrected chi connectivity index (χ4v) is 2.36. The van der Waals surface area contributed by atoms with E-state index in [4.69, 9.17) is 0 Å². The predicted molar refractivity (Wildman–Crippen MR) is 93.4 cm³/mol. The number of aliphatic hydroxyl groups is 1. The van der Waals surface area contributed by atoms with Crippen molar-refractivity contribution in [2.75, 3.05) is 27.2 Å². The molecule has 2 N–H and O–H groups in total. The summed E-state index contributed by atoms with van der Waals surface area (Å²) in [4.78, 5) is 14.0. The van der Waals surface area contributed by atoms with Crippen molar-refractivity contribution in [1.82, 2.24) is 10.2 Å². The molecule has 2 rings (SSSR count). The summed E-state index contributed by atoms with van der Waals surface area (Å²) < 4.78 is 0. The molecule has 2 aromatic rings. The lowest BCUT2D eigenvalue weighted by atomic mass is 10.0. The SMILES string of the molecule is CNCCN(C)C(=O)c1ccc(-c2ccc(C(C)O)cc2)cc1. The molecule has 122 valence electrons. The zero-order valence-corrected chi connectivity index (χ0v) is 13.9. The topological polar surface area (TPSA) is 52.6 Å². The van der Waals surface area contributed by atoms with Crippen molar-refractivity contribution < 1.29 is 9.90 Å². The van der Waals surface area contributed by atoms with Crippen LogP contribution in [0.5, 0.6) is 0 Å². The van der Waals surface area contributed by atoms with Crippen LogP contribution in [0.15, 0.2) is 48.5 Å². The van der Waals surface area contributed by atoms with Gasteiger partial charge in [-0.05, 0) is 42.8 Å². The second-order valence-corrected chi connectivity index (χ2v) is 5.71. The summed E-state index contributed by atoms with van der Waals surface area (Å²) in [6.07, 6.45) is -0.461. The molecule has 1 atom stereocenters. The van der Waals surface area contributed by atoms with Crippen LogP contribution in [0.2, 0.25) is 0 Å². The molecular formula is C19H24N2O2. The standard InChI is InChI=1S/C19H24N2O2/c1-14(22)15-4-6-16(7-5-15)17-8-10-18(11-9-17)19(23)21(3)13-12-20-2/h4-11,14,20,22H,12-13H2,1-3H3. The minimum Gasteiger partial charge on any atom is -0.389 e. The zero-order valence-electron chi connectivity index (χ0n) is 13.9. The highest BCUT2D eigenvalue weighted by atomic mass is 16.3. The number of nitrogens with one attached hydrogen (secondary N) is 1. The molecule has 0 radical (unpaired) electrons. The third-order valence-electron chi connectivity index (χ3n) is 3.90. The van der Waals surface area contributed by atoms with E-state index in [-0.39, 0.29) is 5.91 Å². The van der Waals surface area contributed by atoms with Gasteiger partial charge in [0, 0.05) is 25.7 Å². The number of hydrogen-bond donors (Lipinski definition) is 2. The molecule has 2 aromatic carbocycles. The van der Waals surface area contributed by atoms with Gasteiger partial charge in [0.2, 0.25) is 0 Å². The number of likely N-dealkylation sites (N-methyl/N-ethyl adjacent to an activating group) is 2. The molecule has 0 bridgehead atoms. The first-order valence-corrected chi connectivity index (χ1v) is 7.81. The fraction of sp³-hybridized carbons (Fsp3) is 0.316. The van der Waals surface area contributed by atoms with Gasteiger partial charge in [0.1, 0.15) is 0 Å². The van der Waals surface area contributed by atoms with Gasteiger partial charge in [-0.1, -0.05) is 36.4 Å². The van der Waals surface area contributed by atoms with Crippen LogP contribution in [0.1, 0.15) is 28.9 Å². The summed E-state index contributed by atoms with van der Waals surface area (Å²) in [5.74, 6) is 0.0243. The van der Waals surface area contributed by atoms with Crippen molar-refractivity contribution in [3.8, 4) is 11.1 Å². The molecule has 0 heterocycles. The van der Waals surface area contributed by atoms with Gasteiger partial charge in [-0.2, -0.15) is 0 Å². The van der Waals surface area contributed by atoms with Gasteiger partial charge in [-0.25, -0.2) is 0 Å². The van der Waals surface area contributed by atoms with Crippen LogP contribution in [0.4, 0.5) is 0 Å². The Hall–Kier alpha value is -2.17. The molecule has 0 saturated heterocycles. The van der Waals surface area contributed by atoms with Gasteiger partial charge < -0.3 is 15.3 Å². The lowest BCUT2D eigenvalue weighted by Crippen LogP contribution is -2.32. The van der Waals surface area contributed by atoms with Crippen molar-refractivity contribution in [2.45, 2.75) is 13.0 Å². The Morgan fingerprint density at radius 3 is 2.09 bits per heavy atom. The van der Waals surface area contributed by atoms with E-state index < -0.39 is 6.10 Å². The second-order valence-electron chi connectivity index (χ2n) is 5.71. The van der Waals surface area contributed by atoms with Crippen molar-refractivity contribution in [2.24, 2.45) is 0 Å². The molecule has 0 fully saturated rings. The number of carbonyl (C=O) groups is 1. The van der Waals surface area contributed by atoms with Gasteiger partial charge in [-0.3, -0.25) is 4.79 Å². The zero-order chi connectivity index (χ0) is 16.8. The molecule has 0 saturated carbocycles. The largest absolute Gasteiger partial charge is 0.389 e. The van der Waals surface area contributed by atoms with Crippen molar-refractivity contribution >= 4 is 5.91 Å². The van der Waals surface area contributed by atoms with Crippen LogP contribution in [-0.4, -0.2) is 43.1 Å². The summed E-state index contributed by atoms with van der Waals surface area (Å²) in [5.41, 5.74) is 3.70. The Bertz CT molecular complexity index is 633. The van der Waals surface area contributed by atoms with Crippen molar-refractivity contribution in [1.29, 1.82) is 0 Å². The molecule has 4 heteroatoms. The maximum absolute atomic E-state index is 12.3. The quantitative estimate of drug-likeness (QED) is 0.862. The average molecular weight is 312 g/mol. The molecule has 0 aromatic heterocycles. The van der Waals surface area contributed by atoms with Crippen molar-refractivity contribution in [3.05, 3.63) is 59.7 Å². The smallest absolute Gasteiger partial charge is 0.253 e. The van der Waals surface area contributed by atoms with Crippen LogP contribution in [0.3, 0.4) is 0 Å². The Balaban J connectivity index is 2.11. The van der Waals surface area contributed by atoms with Crippen LogP contribution in [0, 0.1) is 0 Å². The van der Waals surface area contributed by atoms with Crippen LogP contribution in [-0.2, 0) is 0 Å². The van der Waals surface area contributed by atoms with E-state index in [0.29, 0.717) is 12.1 Å². The lowest BCUT2D eigenvalue weighted by Gasteiger charge is -2.17. The first kappa shape index (κ1) is 17.2. The van der Waals surface area contributed by atoms with E-state index in [0.717, 1.165) is 23.2 Å². The maximum atomic E-state index is 12.3. The monoisotopic (exact) mass is 312 g/mol. The van der Waals surface area contributed by atoms with Gasteiger partial charge in [0.05, 0.1) is 6.10 Å². The van der Waals surface area contributed by atoms with Crippen LogP contribution < -0.4 is 5.32 Å². The first-order valence-electron chi connectivity index (χ1n) is 7.81. The number of carbonyl (C=O) groups excluding carboxylic acids is 1. The Kier molecular flexibility index (Phi) is 5.90. The van der Waals surface area contributed by atoms with Crippen LogP contribution >= 0.6 is 0 Å². The summed E-state index contributed by atoms with van der Waals surface area (Å²) in [5, 5.41) is 12.6. The highest BCUT2D eigenvalue weighted by Gasteiger charge is 2.11. The van der Waals surface area contributed by atoms with E-state index in [2.05, 4.69) is 5.32 Å². The molecule has 4 nitrogen and oxygen atoms in total. The molecule has 0 aliphatic heterocycles. The number of benzene rings is 2. The molecule has 0 spiro atoms. The number of rotatable bonds is 6. The first-order chi connectivity index (χ1) is 11.0. The molecule has 1 amide bonds. The number of hydrogen-bond acceptors (Lipinski definition) is 3. The fourth-order valence-electron chi connectivity index (χ4n) is 2.36. The minimum absolute atomic E-state index is 0.0243. The van der Waals surface area contributed by atoms with E-state index in [9.17, 15) is 9.90 Å². The highest BCUT2D eigenvalue weighted by molar-refractivity contribution is 5.94. The minimum atomic E-state index is -0.461. The Labute approximate surface area is 137 Å². The Morgan fingerprint density at radius 1 is 1.09 bits per heavy atom. The molecule has 0 aliphatic rings. The van der Waals surface area contributed by atoms with E-state index >= 15 is 0 Å². The molecular weight excluding hydrogens is 288 g/mol. The average Bonchev–Trinajstić information content (AvgIpc) is 2.59. The van der Waals surface area contributed by atoms with Gasteiger partial charge >= 0.3 is 0 Å². The van der Waals surface area contributed by atoms with Gasteiger partial charge in [-0.15, -0.1) is 0 Å². The normalized spacial score (nSPS) is 12.0. The summed E-state index contributed by atoms with van der Waals surface area (Å²) in [6.45, 7) is 3.20. The van der Waals surface area contributed by atoms with Gasteiger partial charge in [0.15, 0.2) is 0 Å². The maximum Gasteiger partial charge on any atom is 0.253 e. The third-order valence-corrected chi connectivity index (χ3v) is 3.90. The third kappa shape index (κ3) is 4.41. The van der Waals surface area contributed by atoms with E-state index in [1.54, 1.807) is 11.8 Å². The number of nitrogens with zero attached hydrogens (tertiary/aromatic N) is 1. The van der Waals surface area contributed by atoms with Gasteiger partial charge in [0.25, 0.3) is 5.91 Å². The molecule has 0 aliphatic carbocycles. The van der Waals surface area contributed by atoms with Crippen molar-refractivity contribution in [3.63, 3.8) is 0 Å². The lowest BCUT2D eigenvalue weighted by molar-refractivity contribution is 0.0797. The molecule has 23 heavy (non-hydrogen) atoms. The number of aliphatic hydroxyl groups excluding tert-OH is 1. The highest BCUT2D eigenvalue weighted by Crippen LogP contribution is 2.22. The molecule has 1 unspecified atom stereocenters. The summed E-state index contributed by atoms with van der Waals surface area (Å²) in [7, 11) is 3.68. The second kappa shape index (κ2) is 7.90. The number of amides is 1. The summed E-state index contributed by atoms with van der Waals surface area (Å²) >= 11 is 0. The Morgan fingerprint density at radius 2 is 1.61 bits per heavy atom. The van der Waals surface area contributed by atoms with E-state index in [1.807, 2.05) is 62.6 Å².